The highest BCUT2D eigenvalue weighted by Crippen LogP contribution is 2.32. The van der Waals surface area contributed by atoms with E-state index in [4.69, 9.17) is 0 Å². The molecule has 0 bridgehead atoms. The third-order valence-corrected chi connectivity index (χ3v) is 7.90. The summed E-state index contributed by atoms with van der Waals surface area (Å²) in [5, 5.41) is 28.9. The van der Waals surface area contributed by atoms with E-state index >= 15 is 0 Å². The maximum absolute atomic E-state index is 9.98. The number of terminal acetylenes is 1. The monoisotopic (exact) mass is 782 g/mol. The van der Waals surface area contributed by atoms with E-state index < -0.39 is 0 Å². The van der Waals surface area contributed by atoms with Crippen LogP contribution >= 0.6 is 15.9 Å². The van der Waals surface area contributed by atoms with Gasteiger partial charge in [0.2, 0.25) is 0 Å². The van der Waals surface area contributed by atoms with Gasteiger partial charge in [0.05, 0.1) is 17.7 Å². The van der Waals surface area contributed by atoms with Crippen molar-refractivity contribution in [2.24, 2.45) is 31.3 Å². The Balaban J connectivity index is 0.000000940. The number of phenolic OH excluding ortho intramolecular Hbond substituents is 1. The van der Waals surface area contributed by atoms with Crippen LogP contribution in [0.3, 0.4) is 0 Å². The molecule has 7 heteroatoms. The Morgan fingerprint density at radius 2 is 1.58 bits per heavy atom. The van der Waals surface area contributed by atoms with Crippen molar-refractivity contribution in [1.82, 2.24) is 19.6 Å². The molecule has 0 amide bonds. The fourth-order valence-corrected chi connectivity index (χ4v) is 5.39. The van der Waals surface area contributed by atoms with E-state index in [1.807, 2.05) is 93.2 Å². The molecular weight excluding hydrogens is 720 g/mol. The minimum absolute atomic E-state index is 0.0880. The van der Waals surface area contributed by atoms with Crippen molar-refractivity contribution in [3.05, 3.63) is 69.6 Å². The zero-order valence-corrected chi connectivity index (χ0v) is 35.9. The van der Waals surface area contributed by atoms with Crippen LogP contribution in [0.2, 0.25) is 0 Å². The molecule has 2 N–H and O–H groups in total. The lowest BCUT2D eigenvalue weighted by molar-refractivity contribution is 0.349. The molecule has 0 saturated heterocycles. The number of rotatable bonds is 5. The molecule has 1 aromatic carbocycles. The summed E-state index contributed by atoms with van der Waals surface area (Å²) in [5.41, 5.74) is 5.36. The Kier molecular flexibility index (Phi) is 24.2. The van der Waals surface area contributed by atoms with Crippen molar-refractivity contribution in [1.29, 1.82) is 0 Å². The summed E-state index contributed by atoms with van der Waals surface area (Å²) in [7, 11) is 3.72. The first-order valence-electron chi connectivity index (χ1n) is 18.7. The van der Waals surface area contributed by atoms with Gasteiger partial charge >= 0.3 is 0 Å². The van der Waals surface area contributed by atoms with Gasteiger partial charge in [-0.05, 0) is 70.7 Å². The number of allylic oxidation sites excluding steroid dienone is 3. The maximum atomic E-state index is 9.98. The molecule has 6 nitrogen and oxygen atoms in total. The number of nitrogens with zero attached hydrogens (tertiary/aromatic N) is 4. The number of aliphatic hydroxyl groups is 1. The molecule has 0 aliphatic heterocycles. The largest absolute Gasteiger partial charge is 0.507 e. The molecule has 2 aromatic heterocycles. The first-order valence-corrected chi connectivity index (χ1v) is 19.5. The lowest BCUT2D eigenvalue weighted by Crippen LogP contribution is -2.04. The summed E-state index contributed by atoms with van der Waals surface area (Å²) in [6.07, 6.45) is 23.3. The van der Waals surface area contributed by atoms with Crippen LogP contribution in [-0.2, 0) is 14.1 Å². The predicted molar refractivity (Wildman–Crippen MR) is 230 cm³/mol. The van der Waals surface area contributed by atoms with E-state index in [0.717, 1.165) is 44.8 Å². The van der Waals surface area contributed by atoms with E-state index in [0.29, 0.717) is 17.2 Å². The van der Waals surface area contributed by atoms with Crippen LogP contribution in [0, 0.1) is 65.6 Å². The Hall–Kier alpha value is -4.40. The Labute approximate surface area is 330 Å². The number of hydrogen-bond acceptors (Lipinski definition) is 4. The summed E-state index contributed by atoms with van der Waals surface area (Å²) in [6.45, 7) is 20.2. The van der Waals surface area contributed by atoms with Gasteiger partial charge in [0.15, 0.2) is 0 Å². The molecule has 286 valence electrons. The average Bonchev–Trinajstić information content (AvgIpc) is 3.72. The molecule has 0 radical (unpaired) electrons. The number of phenols is 1. The van der Waals surface area contributed by atoms with Gasteiger partial charge < -0.3 is 10.2 Å². The molecule has 1 aliphatic rings. The van der Waals surface area contributed by atoms with Crippen molar-refractivity contribution in [2.45, 2.75) is 108 Å². The Morgan fingerprint density at radius 3 is 2.15 bits per heavy atom. The molecule has 53 heavy (non-hydrogen) atoms. The van der Waals surface area contributed by atoms with Gasteiger partial charge in [-0.3, -0.25) is 9.36 Å². The highest BCUT2D eigenvalue weighted by atomic mass is 79.9. The lowest BCUT2D eigenvalue weighted by Gasteiger charge is -2.18. The zero-order chi connectivity index (χ0) is 40.6. The van der Waals surface area contributed by atoms with Crippen LogP contribution < -0.4 is 0 Å². The van der Waals surface area contributed by atoms with Gasteiger partial charge in [0, 0.05) is 65.4 Å². The van der Waals surface area contributed by atoms with Crippen molar-refractivity contribution < 1.29 is 10.2 Å². The number of aliphatic hydroxyl groups excluding tert-OH is 1. The number of halogens is 1. The molecule has 1 fully saturated rings. The van der Waals surface area contributed by atoms with Gasteiger partial charge in [0.1, 0.15) is 17.1 Å². The van der Waals surface area contributed by atoms with Crippen molar-refractivity contribution >= 4 is 21.5 Å². The second-order valence-electron chi connectivity index (χ2n) is 13.3. The summed E-state index contributed by atoms with van der Waals surface area (Å²) in [5.74, 6) is 20.6. The van der Waals surface area contributed by atoms with Crippen LogP contribution in [0.15, 0.2) is 52.8 Å². The minimum Gasteiger partial charge on any atom is -0.507 e. The molecule has 0 unspecified atom stereocenters. The van der Waals surface area contributed by atoms with Crippen molar-refractivity contribution in [3.63, 3.8) is 0 Å². The van der Waals surface area contributed by atoms with Gasteiger partial charge in [-0.2, -0.15) is 10.2 Å². The summed E-state index contributed by atoms with van der Waals surface area (Å²) in [6, 6.07) is 5.28. The van der Waals surface area contributed by atoms with Gasteiger partial charge in [-0.25, -0.2) is 0 Å². The molecule has 2 heterocycles. The normalized spacial score (nSPS) is 12.5. The smallest absolute Gasteiger partial charge is 0.125 e. The fourth-order valence-electron chi connectivity index (χ4n) is 5.03. The van der Waals surface area contributed by atoms with E-state index in [1.54, 1.807) is 21.5 Å². The third-order valence-electron chi connectivity index (χ3n) is 7.40. The Morgan fingerprint density at radius 1 is 0.981 bits per heavy atom. The SMILES string of the molecule is C#C.C/C=C(C#CCC1CCCCC1)\C=C(/CO)c1nn(C)cc1C#CC(C)(C)C.CC.CC.CC(C)C#Cc1cn(C)nc1-c1cc(Br)ccc1O. The molecule has 1 aliphatic carbocycles. The second-order valence-corrected chi connectivity index (χ2v) is 14.2. The molecule has 3 aromatic rings. The van der Waals surface area contributed by atoms with Gasteiger partial charge in [-0.1, -0.05) is 118 Å². The first-order chi connectivity index (χ1) is 25.3. The van der Waals surface area contributed by atoms with E-state index in [9.17, 15) is 10.2 Å². The minimum atomic E-state index is -0.0944. The summed E-state index contributed by atoms with van der Waals surface area (Å²) in [4.78, 5) is 0. The quantitative estimate of drug-likeness (QED) is 0.200. The van der Waals surface area contributed by atoms with E-state index in [-0.39, 0.29) is 17.8 Å². The van der Waals surface area contributed by atoms with Crippen LogP contribution in [0.4, 0.5) is 0 Å². The predicted octanol–water partition coefficient (Wildman–Crippen LogP) is 11.0. The van der Waals surface area contributed by atoms with Crippen LogP contribution in [0.5, 0.6) is 5.75 Å². The van der Waals surface area contributed by atoms with Crippen LogP contribution in [0.25, 0.3) is 16.8 Å². The van der Waals surface area contributed by atoms with Crippen LogP contribution in [0.1, 0.15) is 125 Å². The second kappa shape index (κ2) is 26.4. The highest BCUT2D eigenvalue weighted by Gasteiger charge is 2.15. The molecule has 4 rings (SSSR count). The maximum Gasteiger partial charge on any atom is 0.125 e. The van der Waals surface area contributed by atoms with Crippen LogP contribution in [-0.4, -0.2) is 36.4 Å². The fraction of sp³-hybridized carbons (Fsp3) is 0.478. The number of aromatic hydroxyl groups is 1. The number of aromatic nitrogens is 4. The average molecular weight is 784 g/mol. The number of hydrogen-bond donors (Lipinski definition) is 2. The van der Waals surface area contributed by atoms with Gasteiger partial charge in [-0.15, -0.1) is 12.8 Å². The molecule has 0 spiro atoms. The highest BCUT2D eigenvalue weighted by molar-refractivity contribution is 9.10. The topological polar surface area (TPSA) is 76.1 Å². The standard InChI is InChI=1S/C25H34N2O.C15H15BrN2O.2C2H6.C2H2/c1-6-20(13-10-14-21-11-8-7-9-12-21)17-23(19-28)24-22(18-27(5)26-24)15-16-25(2,3)4;1-10(2)4-5-11-9-18(3)17-15(11)13-8-12(16)6-7-14(13)19;3*1-2/h6,17-18,21,28H,7-9,11-12,14,19H2,1-5H3;6-10,19H,1-3H3;2*1-2H3;1-2H/b20-6-,23-17+;;;;. The van der Waals surface area contributed by atoms with Gasteiger partial charge in [0.25, 0.3) is 0 Å². The van der Waals surface area contributed by atoms with Crippen molar-refractivity contribution in [3.8, 4) is 65.4 Å². The third kappa shape index (κ3) is 18.3. The zero-order valence-electron chi connectivity index (χ0n) is 34.4. The molecule has 1 saturated carbocycles. The van der Waals surface area contributed by atoms with E-state index in [2.05, 4.69) is 95.3 Å². The number of benzene rings is 1. The summed E-state index contributed by atoms with van der Waals surface area (Å²) >= 11 is 3.41. The molecular formula is C46H63BrN4O2. The van der Waals surface area contributed by atoms with E-state index in [1.165, 1.54) is 32.1 Å². The first kappa shape index (κ1) is 48.6. The summed E-state index contributed by atoms with van der Waals surface area (Å²) < 4.78 is 4.35. The Bertz CT molecular complexity index is 1810. The molecule has 0 atom stereocenters. The van der Waals surface area contributed by atoms with Crippen molar-refractivity contribution in [2.75, 3.05) is 6.61 Å². The lowest BCUT2D eigenvalue weighted by atomic mass is 9.87. The number of aryl methyl sites for hydroxylation is 2.